The summed E-state index contributed by atoms with van der Waals surface area (Å²) in [5.74, 6) is 1.79. The second-order valence-electron chi connectivity index (χ2n) is 9.00. The molecular weight excluding hydrogens is 412 g/mol. The van der Waals surface area contributed by atoms with E-state index in [0.29, 0.717) is 5.56 Å². The Morgan fingerprint density at radius 2 is 1.70 bits per heavy atom. The fraction of sp³-hybridized carbons (Fsp3) is 0.407. The van der Waals surface area contributed by atoms with Crippen molar-refractivity contribution in [3.63, 3.8) is 0 Å². The van der Waals surface area contributed by atoms with Crippen molar-refractivity contribution >= 4 is 5.91 Å². The predicted octanol–water partition coefficient (Wildman–Crippen LogP) is 4.54. The first-order valence-corrected chi connectivity index (χ1v) is 12.1. The van der Waals surface area contributed by atoms with Gasteiger partial charge in [0.2, 0.25) is 0 Å². The summed E-state index contributed by atoms with van der Waals surface area (Å²) in [7, 11) is 0. The van der Waals surface area contributed by atoms with Gasteiger partial charge in [0, 0.05) is 50.8 Å². The third kappa shape index (κ3) is 5.11. The summed E-state index contributed by atoms with van der Waals surface area (Å²) in [5.41, 5.74) is 1.94. The van der Waals surface area contributed by atoms with Gasteiger partial charge in [-0.25, -0.2) is 4.98 Å². The molecule has 0 atom stereocenters. The highest BCUT2D eigenvalue weighted by atomic mass is 16.5. The Labute approximate surface area is 195 Å². The van der Waals surface area contributed by atoms with Gasteiger partial charge < -0.3 is 14.2 Å². The van der Waals surface area contributed by atoms with E-state index in [1.807, 2.05) is 53.6 Å². The van der Waals surface area contributed by atoms with Crippen molar-refractivity contribution in [1.29, 1.82) is 0 Å². The Morgan fingerprint density at radius 3 is 2.48 bits per heavy atom. The summed E-state index contributed by atoms with van der Waals surface area (Å²) in [6.45, 7) is 4.54. The van der Waals surface area contributed by atoms with Gasteiger partial charge in [-0.15, -0.1) is 0 Å². The van der Waals surface area contributed by atoms with Crippen molar-refractivity contribution < 1.29 is 9.53 Å². The Bertz CT molecular complexity index is 1050. The number of para-hydroxylation sites is 1. The zero-order valence-corrected chi connectivity index (χ0v) is 19.1. The van der Waals surface area contributed by atoms with E-state index in [9.17, 15) is 4.79 Å². The van der Waals surface area contributed by atoms with Crippen molar-refractivity contribution in [2.75, 3.05) is 26.2 Å². The Hall–Kier alpha value is -3.12. The van der Waals surface area contributed by atoms with Crippen molar-refractivity contribution in [2.24, 2.45) is 0 Å². The molecule has 6 heteroatoms. The number of ether oxygens (including phenoxy) is 1. The van der Waals surface area contributed by atoms with Crippen molar-refractivity contribution in [2.45, 2.75) is 44.8 Å². The van der Waals surface area contributed by atoms with Crippen molar-refractivity contribution in [3.8, 4) is 11.6 Å². The van der Waals surface area contributed by atoms with Crippen LogP contribution in [0.4, 0.5) is 0 Å². The maximum absolute atomic E-state index is 13.1. The molecule has 2 aromatic heterocycles. The highest BCUT2D eigenvalue weighted by Gasteiger charge is 2.25. The molecule has 0 N–H and O–H groups in total. The van der Waals surface area contributed by atoms with E-state index in [2.05, 4.69) is 32.8 Å². The smallest absolute Gasteiger partial charge is 0.257 e. The molecule has 0 saturated carbocycles. The molecule has 2 saturated heterocycles. The Morgan fingerprint density at radius 1 is 0.909 bits per heavy atom. The van der Waals surface area contributed by atoms with Crippen LogP contribution in [0.3, 0.4) is 0 Å². The molecule has 0 bridgehead atoms. The molecule has 0 aliphatic carbocycles. The van der Waals surface area contributed by atoms with E-state index in [4.69, 9.17) is 4.74 Å². The molecule has 5 rings (SSSR count). The maximum Gasteiger partial charge on any atom is 0.257 e. The average molecular weight is 445 g/mol. The number of hydrogen-bond donors (Lipinski definition) is 0. The third-order valence-corrected chi connectivity index (χ3v) is 6.70. The van der Waals surface area contributed by atoms with Gasteiger partial charge in [0.1, 0.15) is 17.7 Å². The number of carbonyl (C=O) groups excluding carboxylic acids is 1. The highest BCUT2D eigenvalue weighted by Crippen LogP contribution is 2.26. The number of rotatable bonds is 6. The lowest BCUT2D eigenvalue weighted by molar-refractivity contribution is 0.0701. The number of pyridine rings is 1. The van der Waals surface area contributed by atoms with Crippen LogP contribution in [0, 0.1) is 0 Å². The van der Waals surface area contributed by atoms with Crippen LogP contribution in [0.25, 0.3) is 5.82 Å². The molecule has 0 unspecified atom stereocenters. The first-order valence-electron chi connectivity index (χ1n) is 12.1. The summed E-state index contributed by atoms with van der Waals surface area (Å²) < 4.78 is 8.54. The van der Waals surface area contributed by atoms with Crippen LogP contribution in [0.5, 0.6) is 5.75 Å². The number of aromatic nitrogens is 2. The lowest BCUT2D eigenvalue weighted by atomic mass is 10.1. The molecule has 6 nitrogen and oxygen atoms in total. The number of benzene rings is 1. The second-order valence-corrected chi connectivity index (χ2v) is 9.00. The number of carbonyl (C=O) groups is 1. The van der Waals surface area contributed by atoms with E-state index in [1.54, 1.807) is 0 Å². The molecule has 0 spiro atoms. The van der Waals surface area contributed by atoms with E-state index in [1.165, 1.54) is 12.1 Å². The van der Waals surface area contributed by atoms with E-state index < -0.39 is 0 Å². The lowest BCUT2D eigenvalue weighted by Gasteiger charge is -2.33. The summed E-state index contributed by atoms with van der Waals surface area (Å²) in [5, 5.41) is 0. The van der Waals surface area contributed by atoms with Gasteiger partial charge in [-0.3, -0.25) is 9.69 Å². The minimum atomic E-state index is 0.109. The highest BCUT2D eigenvalue weighted by molar-refractivity contribution is 5.97. The van der Waals surface area contributed by atoms with Crippen LogP contribution >= 0.6 is 0 Å². The molecule has 2 aliphatic rings. The monoisotopic (exact) mass is 444 g/mol. The van der Waals surface area contributed by atoms with Crippen LogP contribution in [-0.2, 0) is 6.54 Å². The SMILES string of the molecule is O=C(c1ccccc1OC1CCN(Cc2cccn2-c2ccccn2)CC1)N1CCCCC1. The topological polar surface area (TPSA) is 50.6 Å². The molecule has 2 fully saturated rings. The molecule has 2 aliphatic heterocycles. The Kier molecular flexibility index (Phi) is 6.72. The van der Waals surface area contributed by atoms with E-state index in [0.717, 1.165) is 70.0 Å². The first-order chi connectivity index (χ1) is 16.3. The molecule has 1 aromatic carbocycles. The minimum Gasteiger partial charge on any atom is -0.489 e. The van der Waals surface area contributed by atoms with Crippen LogP contribution in [-0.4, -0.2) is 57.5 Å². The third-order valence-electron chi connectivity index (χ3n) is 6.70. The van der Waals surface area contributed by atoms with Crippen LogP contribution < -0.4 is 4.74 Å². The van der Waals surface area contributed by atoms with Gasteiger partial charge in [0.25, 0.3) is 5.91 Å². The predicted molar refractivity (Wildman–Crippen MR) is 129 cm³/mol. The molecular formula is C27H32N4O2. The fourth-order valence-electron chi connectivity index (χ4n) is 4.87. The quantitative estimate of drug-likeness (QED) is 0.560. The van der Waals surface area contributed by atoms with E-state index in [-0.39, 0.29) is 12.0 Å². The standard InChI is InChI=1S/C27H32N4O2/c32-27(30-16-6-1-7-17-30)24-10-2-3-11-25(24)33-23-13-19-29(20-14-23)21-22-9-8-18-31(22)26-12-4-5-15-28-26/h2-5,8-12,15,18,23H,1,6-7,13-14,16-17,19-21H2. The molecule has 172 valence electrons. The molecule has 33 heavy (non-hydrogen) atoms. The van der Waals surface area contributed by atoms with Gasteiger partial charge in [-0.05, 0) is 68.5 Å². The molecule has 3 aromatic rings. The number of nitrogens with zero attached hydrogens (tertiary/aromatic N) is 4. The number of piperidine rings is 2. The lowest BCUT2D eigenvalue weighted by Crippen LogP contribution is -2.39. The van der Waals surface area contributed by atoms with Gasteiger partial charge in [-0.2, -0.15) is 0 Å². The van der Waals surface area contributed by atoms with Crippen LogP contribution in [0.1, 0.15) is 48.2 Å². The van der Waals surface area contributed by atoms with Crippen molar-refractivity contribution in [1.82, 2.24) is 19.4 Å². The Balaban J connectivity index is 1.19. The number of amides is 1. The number of likely N-dealkylation sites (tertiary alicyclic amines) is 2. The normalized spacial score (nSPS) is 17.8. The molecule has 0 radical (unpaired) electrons. The van der Waals surface area contributed by atoms with E-state index >= 15 is 0 Å². The molecule has 1 amide bonds. The maximum atomic E-state index is 13.1. The first kappa shape index (κ1) is 21.7. The zero-order valence-electron chi connectivity index (χ0n) is 19.1. The van der Waals surface area contributed by atoms with Crippen LogP contribution in [0.15, 0.2) is 67.0 Å². The summed E-state index contributed by atoms with van der Waals surface area (Å²) >= 11 is 0. The zero-order chi connectivity index (χ0) is 22.5. The summed E-state index contributed by atoms with van der Waals surface area (Å²) in [6, 6.07) is 18.0. The largest absolute Gasteiger partial charge is 0.489 e. The van der Waals surface area contributed by atoms with Gasteiger partial charge in [0.15, 0.2) is 0 Å². The average Bonchev–Trinajstić information content (AvgIpc) is 3.34. The van der Waals surface area contributed by atoms with Gasteiger partial charge in [0.05, 0.1) is 5.56 Å². The fourth-order valence-corrected chi connectivity index (χ4v) is 4.87. The number of hydrogen-bond acceptors (Lipinski definition) is 4. The van der Waals surface area contributed by atoms with Crippen molar-refractivity contribution in [3.05, 3.63) is 78.2 Å². The summed E-state index contributed by atoms with van der Waals surface area (Å²) in [4.78, 5) is 22.0. The van der Waals surface area contributed by atoms with Crippen LogP contribution in [0.2, 0.25) is 0 Å². The second kappa shape index (κ2) is 10.2. The minimum absolute atomic E-state index is 0.109. The van der Waals surface area contributed by atoms with Gasteiger partial charge in [-0.1, -0.05) is 18.2 Å². The van der Waals surface area contributed by atoms with Gasteiger partial charge >= 0.3 is 0 Å². The summed E-state index contributed by atoms with van der Waals surface area (Å²) in [6.07, 6.45) is 9.35. The molecule has 4 heterocycles.